The zero-order valence-corrected chi connectivity index (χ0v) is 21.3. The Balaban J connectivity index is 1.75. The van der Waals surface area contributed by atoms with E-state index in [9.17, 15) is 10.1 Å². The molecule has 0 aliphatic rings. The van der Waals surface area contributed by atoms with Crippen molar-refractivity contribution in [3.05, 3.63) is 88.6 Å². The average Bonchev–Trinajstić information content (AvgIpc) is 2.87. The van der Waals surface area contributed by atoms with Crippen LogP contribution in [0, 0.1) is 11.3 Å². The molecule has 0 aliphatic heterocycles. The number of ether oxygens (including phenoxy) is 2. The SMILES string of the molecule is CC(NC(=O)C(C)(C)Oc1ccc(OCCO)cn1)C(Cc1ccc(Cl)cc1)c1cccc(C#N)c1. The zero-order valence-electron chi connectivity index (χ0n) is 20.6. The number of hydrogen-bond acceptors (Lipinski definition) is 6. The quantitative estimate of drug-likeness (QED) is 0.391. The van der Waals surface area contributed by atoms with Gasteiger partial charge in [-0.25, -0.2) is 4.98 Å². The molecule has 0 bridgehead atoms. The summed E-state index contributed by atoms with van der Waals surface area (Å²) in [5.74, 6) is 0.380. The lowest BCUT2D eigenvalue weighted by Gasteiger charge is -2.30. The van der Waals surface area contributed by atoms with E-state index in [4.69, 9.17) is 26.2 Å². The maximum Gasteiger partial charge on any atom is 0.263 e. The van der Waals surface area contributed by atoms with E-state index in [1.165, 1.54) is 6.20 Å². The van der Waals surface area contributed by atoms with Crippen molar-refractivity contribution < 1.29 is 19.4 Å². The second kappa shape index (κ2) is 12.4. The van der Waals surface area contributed by atoms with Crippen LogP contribution in [0.3, 0.4) is 0 Å². The second-order valence-electron chi connectivity index (χ2n) is 8.95. The van der Waals surface area contributed by atoms with E-state index in [0.717, 1.165) is 11.1 Å². The minimum atomic E-state index is -1.20. The average molecular weight is 508 g/mol. The number of rotatable bonds is 11. The van der Waals surface area contributed by atoms with E-state index in [0.29, 0.717) is 22.8 Å². The van der Waals surface area contributed by atoms with Gasteiger partial charge in [0.25, 0.3) is 5.91 Å². The molecule has 3 aromatic rings. The molecule has 0 aliphatic carbocycles. The van der Waals surface area contributed by atoms with E-state index >= 15 is 0 Å². The number of amides is 1. The van der Waals surface area contributed by atoms with Crippen LogP contribution >= 0.6 is 11.6 Å². The van der Waals surface area contributed by atoms with Crippen LogP contribution in [0.1, 0.15) is 43.4 Å². The molecule has 0 radical (unpaired) electrons. The summed E-state index contributed by atoms with van der Waals surface area (Å²) in [5, 5.41) is 22.0. The fraction of sp³-hybridized carbons (Fsp3) is 0.321. The van der Waals surface area contributed by atoms with Crippen LogP contribution in [0.4, 0.5) is 0 Å². The molecule has 0 saturated carbocycles. The molecule has 3 rings (SSSR count). The lowest BCUT2D eigenvalue weighted by molar-refractivity contribution is -0.135. The van der Waals surface area contributed by atoms with Crippen molar-refractivity contribution >= 4 is 17.5 Å². The second-order valence-corrected chi connectivity index (χ2v) is 9.39. The van der Waals surface area contributed by atoms with Gasteiger partial charge in [0.1, 0.15) is 12.4 Å². The molecule has 0 saturated heterocycles. The van der Waals surface area contributed by atoms with E-state index in [1.807, 2.05) is 49.4 Å². The molecule has 2 atom stereocenters. The summed E-state index contributed by atoms with van der Waals surface area (Å²) in [7, 11) is 0. The van der Waals surface area contributed by atoms with Gasteiger partial charge in [-0.1, -0.05) is 35.9 Å². The van der Waals surface area contributed by atoms with E-state index in [-0.39, 0.29) is 37.0 Å². The molecule has 1 heterocycles. The number of carbonyl (C=O) groups is 1. The molecule has 8 heteroatoms. The number of aromatic nitrogens is 1. The number of nitrogens with one attached hydrogen (secondary N) is 1. The Hall–Kier alpha value is -3.60. The molecule has 2 unspecified atom stereocenters. The number of aliphatic hydroxyl groups is 1. The first kappa shape index (κ1) is 27.0. The molecular weight excluding hydrogens is 478 g/mol. The lowest BCUT2D eigenvalue weighted by atomic mass is 9.85. The van der Waals surface area contributed by atoms with Gasteiger partial charge in [-0.05, 0) is 68.7 Å². The van der Waals surface area contributed by atoms with Crippen molar-refractivity contribution in [1.29, 1.82) is 5.26 Å². The highest BCUT2D eigenvalue weighted by Gasteiger charge is 2.33. The van der Waals surface area contributed by atoms with E-state index < -0.39 is 5.60 Å². The first-order valence-electron chi connectivity index (χ1n) is 11.7. The predicted molar refractivity (Wildman–Crippen MR) is 138 cm³/mol. The van der Waals surface area contributed by atoms with Gasteiger partial charge in [0.15, 0.2) is 5.60 Å². The van der Waals surface area contributed by atoms with Gasteiger partial charge in [-0.15, -0.1) is 0 Å². The summed E-state index contributed by atoms with van der Waals surface area (Å²) in [4.78, 5) is 17.5. The Bertz CT molecular complexity index is 1190. The molecule has 1 aromatic heterocycles. The Morgan fingerprint density at radius 1 is 1.19 bits per heavy atom. The molecule has 0 fully saturated rings. The summed E-state index contributed by atoms with van der Waals surface area (Å²) < 4.78 is 11.2. The van der Waals surface area contributed by atoms with Crippen molar-refractivity contribution in [2.45, 2.75) is 44.8 Å². The standard InChI is InChI=1S/C28H30ClN3O4/c1-19(32-27(34)28(2,3)36-26-12-11-24(18-31-26)35-14-13-33)25(16-20-7-9-23(29)10-8-20)22-6-4-5-21(15-22)17-30/h4-12,15,18-19,25,33H,13-14,16H2,1-3H3,(H,32,34). The van der Waals surface area contributed by atoms with Gasteiger partial charge in [0.05, 0.1) is 24.4 Å². The van der Waals surface area contributed by atoms with E-state index in [1.54, 1.807) is 32.0 Å². The molecule has 0 spiro atoms. The van der Waals surface area contributed by atoms with Crippen molar-refractivity contribution in [3.8, 4) is 17.7 Å². The van der Waals surface area contributed by atoms with Crippen LogP contribution in [0.25, 0.3) is 0 Å². The van der Waals surface area contributed by atoms with Crippen LogP contribution in [0.15, 0.2) is 66.9 Å². The molecule has 7 nitrogen and oxygen atoms in total. The minimum Gasteiger partial charge on any atom is -0.490 e. The minimum absolute atomic E-state index is 0.0938. The zero-order chi connectivity index (χ0) is 26.1. The Labute approximate surface area is 216 Å². The van der Waals surface area contributed by atoms with E-state index in [2.05, 4.69) is 16.4 Å². The Kier molecular flexibility index (Phi) is 9.29. The van der Waals surface area contributed by atoms with Gasteiger partial charge < -0.3 is 19.9 Å². The topological polar surface area (TPSA) is 104 Å². The smallest absolute Gasteiger partial charge is 0.263 e. The number of benzene rings is 2. The molecule has 36 heavy (non-hydrogen) atoms. The lowest BCUT2D eigenvalue weighted by Crippen LogP contribution is -2.51. The summed E-state index contributed by atoms with van der Waals surface area (Å²) in [6, 6.07) is 20.2. The number of halogens is 1. The van der Waals surface area contributed by atoms with Crippen LogP contribution in [-0.2, 0) is 11.2 Å². The summed E-state index contributed by atoms with van der Waals surface area (Å²) >= 11 is 6.05. The molecular formula is C28H30ClN3O4. The van der Waals surface area contributed by atoms with Crippen molar-refractivity contribution in [3.63, 3.8) is 0 Å². The van der Waals surface area contributed by atoms with Gasteiger partial charge in [-0.2, -0.15) is 5.26 Å². The number of nitriles is 1. The number of aliphatic hydroxyl groups excluding tert-OH is 1. The number of nitrogens with zero attached hydrogens (tertiary/aromatic N) is 2. The van der Waals surface area contributed by atoms with Gasteiger partial charge in [-0.3, -0.25) is 4.79 Å². The highest BCUT2D eigenvalue weighted by atomic mass is 35.5. The third kappa shape index (κ3) is 7.45. The number of carbonyl (C=O) groups excluding carboxylic acids is 1. The number of hydrogen-bond donors (Lipinski definition) is 2. The van der Waals surface area contributed by atoms with Crippen LogP contribution in [-0.4, -0.2) is 40.9 Å². The third-order valence-corrected chi connectivity index (χ3v) is 6.00. The fourth-order valence-corrected chi connectivity index (χ4v) is 3.89. The fourth-order valence-electron chi connectivity index (χ4n) is 3.76. The van der Waals surface area contributed by atoms with Gasteiger partial charge in [0.2, 0.25) is 5.88 Å². The Morgan fingerprint density at radius 3 is 2.58 bits per heavy atom. The monoisotopic (exact) mass is 507 g/mol. The van der Waals surface area contributed by atoms with Crippen molar-refractivity contribution in [1.82, 2.24) is 10.3 Å². The summed E-state index contributed by atoms with van der Waals surface area (Å²) in [6.07, 6.45) is 2.12. The predicted octanol–water partition coefficient (Wildman–Crippen LogP) is 4.67. The summed E-state index contributed by atoms with van der Waals surface area (Å²) in [5.41, 5.74) is 1.38. The Morgan fingerprint density at radius 2 is 1.94 bits per heavy atom. The maximum absolute atomic E-state index is 13.3. The van der Waals surface area contributed by atoms with Crippen LogP contribution < -0.4 is 14.8 Å². The van der Waals surface area contributed by atoms with Crippen molar-refractivity contribution in [2.75, 3.05) is 13.2 Å². The number of pyridine rings is 1. The van der Waals surface area contributed by atoms with Crippen LogP contribution in [0.2, 0.25) is 5.02 Å². The molecule has 2 N–H and O–H groups in total. The normalized spacial score (nSPS) is 12.8. The van der Waals surface area contributed by atoms with Crippen molar-refractivity contribution in [2.24, 2.45) is 0 Å². The molecule has 2 aromatic carbocycles. The highest BCUT2D eigenvalue weighted by Crippen LogP contribution is 2.27. The molecule has 188 valence electrons. The largest absolute Gasteiger partial charge is 0.490 e. The highest BCUT2D eigenvalue weighted by molar-refractivity contribution is 6.30. The molecule has 1 amide bonds. The first-order chi connectivity index (χ1) is 17.2. The third-order valence-electron chi connectivity index (χ3n) is 5.75. The summed E-state index contributed by atoms with van der Waals surface area (Å²) in [6.45, 7) is 5.37. The maximum atomic E-state index is 13.3. The van der Waals surface area contributed by atoms with Crippen LogP contribution in [0.5, 0.6) is 11.6 Å². The van der Waals surface area contributed by atoms with Gasteiger partial charge in [0, 0.05) is 23.0 Å². The van der Waals surface area contributed by atoms with Gasteiger partial charge >= 0.3 is 0 Å². The first-order valence-corrected chi connectivity index (χ1v) is 12.0.